The molecule has 0 amide bonds. The molecule has 0 bridgehead atoms. The minimum Gasteiger partial charge on any atom is -0.374 e. The lowest BCUT2D eigenvalue weighted by molar-refractivity contribution is -0.0124. The molecule has 0 fully saturated rings. The van der Waals surface area contributed by atoms with E-state index in [1.165, 1.54) is 0 Å². The summed E-state index contributed by atoms with van der Waals surface area (Å²) in [6.45, 7) is 0. The zero-order chi connectivity index (χ0) is 14.2. The van der Waals surface area contributed by atoms with Crippen molar-refractivity contribution in [3.05, 3.63) is 77.9 Å². The maximum Gasteiger partial charge on any atom is 0.112 e. The van der Waals surface area contributed by atoms with Crippen LogP contribution in [-0.2, 0) is 9.47 Å². The first-order chi connectivity index (χ1) is 9.85. The summed E-state index contributed by atoms with van der Waals surface area (Å²) in [5.41, 5.74) is 2.26. The Kier molecular flexibility index (Phi) is 5.54. The number of ether oxygens (including phenoxy) is 2. The lowest BCUT2D eigenvalue weighted by Crippen LogP contribution is -2.20. The van der Waals surface area contributed by atoms with Gasteiger partial charge in [0.15, 0.2) is 0 Å². The minimum absolute atomic E-state index is 0.110. The van der Waals surface area contributed by atoms with Crippen molar-refractivity contribution in [3.8, 4) is 0 Å². The van der Waals surface area contributed by atoms with E-state index in [0.717, 1.165) is 11.1 Å². The van der Waals surface area contributed by atoms with E-state index >= 15 is 0 Å². The Morgan fingerprint density at radius 2 is 1.40 bits per heavy atom. The van der Waals surface area contributed by atoms with E-state index in [1.807, 2.05) is 42.5 Å². The monoisotopic (exact) mass is 268 g/mol. The zero-order valence-electron chi connectivity index (χ0n) is 11.9. The summed E-state index contributed by atoms with van der Waals surface area (Å²) in [7, 11) is 3.41. The van der Waals surface area contributed by atoms with Crippen LogP contribution in [0.3, 0.4) is 0 Å². The largest absolute Gasteiger partial charge is 0.374 e. The highest BCUT2D eigenvalue weighted by molar-refractivity contribution is 5.49. The van der Waals surface area contributed by atoms with Gasteiger partial charge in [-0.25, -0.2) is 0 Å². The van der Waals surface area contributed by atoms with Crippen molar-refractivity contribution in [1.29, 1.82) is 0 Å². The summed E-state index contributed by atoms with van der Waals surface area (Å²) in [6, 6.07) is 20.3. The smallest absolute Gasteiger partial charge is 0.112 e. The van der Waals surface area contributed by atoms with Crippen LogP contribution in [-0.4, -0.2) is 20.3 Å². The van der Waals surface area contributed by atoms with Crippen molar-refractivity contribution in [3.63, 3.8) is 0 Å². The van der Waals surface area contributed by atoms with Gasteiger partial charge in [-0.15, -0.1) is 0 Å². The van der Waals surface area contributed by atoms with Crippen molar-refractivity contribution < 1.29 is 9.47 Å². The lowest BCUT2D eigenvalue weighted by atomic mass is 10.0. The van der Waals surface area contributed by atoms with E-state index in [1.54, 1.807) is 14.2 Å². The third kappa shape index (κ3) is 3.80. The standard InChI is InChI=1S/C18H20O2/c1-19-17(14-13-15-9-5-3-6-10-15)18(20-2)16-11-7-4-8-12-16/h3-14,17-18H,1-2H3/b14-13+. The second-order valence-corrected chi connectivity index (χ2v) is 4.54. The van der Waals surface area contributed by atoms with Crippen LogP contribution in [0.5, 0.6) is 0 Å². The fraction of sp³-hybridized carbons (Fsp3) is 0.222. The Balaban J connectivity index is 2.16. The first-order valence-electron chi connectivity index (χ1n) is 6.69. The first-order valence-corrected chi connectivity index (χ1v) is 6.69. The molecule has 0 aromatic heterocycles. The highest BCUT2D eigenvalue weighted by Crippen LogP contribution is 2.23. The predicted molar refractivity (Wildman–Crippen MR) is 82.5 cm³/mol. The summed E-state index contributed by atoms with van der Waals surface area (Å²) in [5.74, 6) is 0. The molecule has 2 aromatic rings. The van der Waals surface area contributed by atoms with Gasteiger partial charge in [-0.05, 0) is 11.1 Å². The molecule has 0 aliphatic rings. The molecule has 2 nitrogen and oxygen atoms in total. The molecule has 2 unspecified atom stereocenters. The summed E-state index contributed by atoms with van der Waals surface area (Å²) in [4.78, 5) is 0. The highest BCUT2D eigenvalue weighted by atomic mass is 16.5. The molecule has 0 aliphatic heterocycles. The molecule has 0 heterocycles. The van der Waals surface area contributed by atoms with E-state index in [2.05, 4.69) is 30.3 Å². The van der Waals surface area contributed by atoms with Crippen LogP contribution in [0.4, 0.5) is 0 Å². The van der Waals surface area contributed by atoms with Crippen LogP contribution < -0.4 is 0 Å². The van der Waals surface area contributed by atoms with Crippen molar-refractivity contribution in [2.75, 3.05) is 14.2 Å². The zero-order valence-corrected chi connectivity index (χ0v) is 11.9. The fourth-order valence-electron chi connectivity index (χ4n) is 2.18. The van der Waals surface area contributed by atoms with E-state index in [4.69, 9.17) is 9.47 Å². The molecule has 2 heteroatoms. The number of methoxy groups -OCH3 is 2. The van der Waals surface area contributed by atoms with Gasteiger partial charge in [0.25, 0.3) is 0 Å². The molecule has 2 rings (SSSR count). The van der Waals surface area contributed by atoms with Crippen LogP contribution >= 0.6 is 0 Å². The predicted octanol–water partition coefficient (Wildman–Crippen LogP) is 4.10. The Morgan fingerprint density at radius 1 is 0.800 bits per heavy atom. The third-order valence-corrected chi connectivity index (χ3v) is 3.23. The second kappa shape index (κ2) is 7.63. The van der Waals surface area contributed by atoms with Crippen LogP contribution in [0.25, 0.3) is 6.08 Å². The number of benzene rings is 2. The van der Waals surface area contributed by atoms with Crippen molar-refractivity contribution in [2.24, 2.45) is 0 Å². The van der Waals surface area contributed by atoms with Gasteiger partial charge in [0, 0.05) is 14.2 Å². The van der Waals surface area contributed by atoms with Gasteiger partial charge in [0.1, 0.15) is 12.2 Å². The Bertz CT molecular complexity index is 520. The van der Waals surface area contributed by atoms with Crippen LogP contribution in [0, 0.1) is 0 Å². The topological polar surface area (TPSA) is 18.5 Å². The highest BCUT2D eigenvalue weighted by Gasteiger charge is 2.19. The molecular weight excluding hydrogens is 248 g/mol. The molecule has 0 saturated heterocycles. The quantitative estimate of drug-likeness (QED) is 0.785. The molecule has 0 saturated carbocycles. The van der Waals surface area contributed by atoms with Gasteiger partial charge in [0.05, 0.1) is 0 Å². The van der Waals surface area contributed by atoms with Gasteiger partial charge in [-0.1, -0.05) is 72.8 Å². The van der Waals surface area contributed by atoms with Gasteiger partial charge >= 0.3 is 0 Å². The van der Waals surface area contributed by atoms with E-state index in [-0.39, 0.29) is 12.2 Å². The minimum atomic E-state index is -0.123. The van der Waals surface area contributed by atoms with E-state index in [9.17, 15) is 0 Å². The fourth-order valence-corrected chi connectivity index (χ4v) is 2.18. The van der Waals surface area contributed by atoms with Crippen molar-refractivity contribution in [1.82, 2.24) is 0 Å². The van der Waals surface area contributed by atoms with Crippen molar-refractivity contribution >= 4 is 6.08 Å². The molecule has 0 spiro atoms. The third-order valence-electron chi connectivity index (χ3n) is 3.23. The Morgan fingerprint density at radius 3 is 1.95 bits per heavy atom. The maximum atomic E-state index is 5.60. The SMILES string of the molecule is COC(/C=C/c1ccccc1)C(OC)c1ccccc1. The van der Waals surface area contributed by atoms with Gasteiger partial charge in [-0.2, -0.15) is 0 Å². The first kappa shape index (κ1) is 14.5. The molecular formula is C18H20O2. The average molecular weight is 268 g/mol. The maximum absolute atomic E-state index is 5.60. The van der Waals surface area contributed by atoms with Gasteiger partial charge in [-0.3, -0.25) is 0 Å². The average Bonchev–Trinajstić information content (AvgIpc) is 2.53. The lowest BCUT2D eigenvalue weighted by Gasteiger charge is -2.22. The Hall–Kier alpha value is -1.90. The van der Waals surface area contributed by atoms with Crippen LogP contribution in [0.2, 0.25) is 0 Å². The van der Waals surface area contributed by atoms with Gasteiger partial charge in [0.2, 0.25) is 0 Å². The van der Waals surface area contributed by atoms with E-state index in [0.29, 0.717) is 0 Å². The molecule has 0 aliphatic carbocycles. The normalized spacial score (nSPS) is 14.3. The van der Waals surface area contributed by atoms with Crippen molar-refractivity contribution in [2.45, 2.75) is 12.2 Å². The number of hydrogen-bond acceptors (Lipinski definition) is 2. The number of rotatable bonds is 6. The van der Waals surface area contributed by atoms with E-state index < -0.39 is 0 Å². The molecule has 0 N–H and O–H groups in total. The number of hydrogen-bond donors (Lipinski definition) is 0. The second-order valence-electron chi connectivity index (χ2n) is 4.54. The molecule has 2 aromatic carbocycles. The molecule has 20 heavy (non-hydrogen) atoms. The van der Waals surface area contributed by atoms with Gasteiger partial charge < -0.3 is 9.47 Å². The van der Waals surface area contributed by atoms with Crippen LogP contribution in [0.15, 0.2) is 66.7 Å². The summed E-state index contributed by atoms with van der Waals surface area (Å²) < 4.78 is 11.2. The molecule has 0 radical (unpaired) electrons. The molecule has 2 atom stereocenters. The molecule has 104 valence electrons. The Labute approximate surface area is 120 Å². The summed E-state index contributed by atoms with van der Waals surface area (Å²) >= 11 is 0. The summed E-state index contributed by atoms with van der Waals surface area (Å²) in [5, 5.41) is 0. The van der Waals surface area contributed by atoms with Crippen LogP contribution in [0.1, 0.15) is 17.2 Å². The summed E-state index contributed by atoms with van der Waals surface area (Å²) in [6.07, 6.45) is 3.86.